The maximum Gasteiger partial charge on any atom is 0.408 e. The lowest BCUT2D eigenvalue weighted by Gasteiger charge is -2.36. The summed E-state index contributed by atoms with van der Waals surface area (Å²) in [7, 11) is 0. The average molecular weight is 575 g/mol. The number of carbonyl (C=O) groups excluding carboxylic acids is 4. The number of unbranched alkanes of at least 4 members (excludes halogenated alkanes) is 6. The number of rotatable bonds is 18. The SMILES string of the molecule is CCCCCCCCN(C(=O)C(CCC(N)=O)NC(=O)OC(C)(C)C)C(C(=O)NCCCC)c1c(C)cccc1C. The van der Waals surface area contributed by atoms with Gasteiger partial charge >= 0.3 is 6.09 Å². The van der Waals surface area contributed by atoms with E-state index in [0.717, 1.165) is 61.6 Å². The van der Waals surface area contributed by atoms with Crippen molar-refractivity contribution in [3.63, 3.8) is 0 Å². The quantitative estimate of drug-likeness (QED) is 0.196. The van der Waals surface area contributed by atoms with Crippen LogP contribution in [-0.2, 0) is 19.1 Å². The van der Waals surface area contributed by atoms with E-state index in [2.05, 4.69) is 24.5 Å². The molecule has 0 aliphatic heterocycles. The van der Waals surface area contributed by atoms with Crippen LogP contribution in [0.5, 0.6) is 0 Å². The Kier molecular flexibility index (Phi) is 16.1. The van der Waals surface area contributed by atoms with Gasteiger partial charge < -0.3 is 26.0 Å². The molecule has 9 heteroatoms. The second-order valence-electron chi connectivity index (χ2n) is 11.9. The highest BCUT2D eigenvalue weighted by molar-refractivity contribution is 5.93. The summed E-state index contributed by atoms with van der Waals surface area (Å²) >= 11 is 0. The third-order valence-electron chi connectivity index (χ3n) is 6.91. The highest BCUT2D eigenvalue weighted by Gasteiger charge is 2.37. The molecule has 0 aromatic heterocycles. The lowest BCUT2D eigenvalue weighted by atomic mass is 9.93. The fourth-order valence-electron chi connectivity index (χ4n) is 4.80. The Balaban J connectivity index is 3.53. The Morgan fingerprint density at radius 3 is 2.07 bits per heavy atom. The van der Waals surface area contributed by atoms with E-state index < -0.39 is 35.6 Å². The molecule has 0 bridgehead atoms. The van der Waals surface area contributed by atoms with Crippen LogP contribution in [0.3, 0.4) is 0 Å². The van der Waals surface area contributed by atoms with Crippen LogP contribution in [0.15, 0.2) is 18.2 Å². The van der Waals surface area contributed by atoms with Crippen LogP contribution >= 0.6 is 0 Å². The third kappa shape index (κ3) is 13.4. The summed E-state index contributed by atoms with van der Waals surface area (Å²) in [5, 5.41) is 5.69. The number of alkyl carbamates (subject to hydrolysis) is 1. The highest BCUT2D eigenvalue weighted by atomic mass is 16.6. The maximum absolute atomic E-state index is 14.3. The second-order valence-corrected chi connectivity index (χ2v) is 11.9. The van der Waals surface area contributed by atoms with Crippen molar-refractivity contribution in [2.75, 3.05) is 13.1 Å². The van der Waals surface area contributed by atoms with Crippen LogP contribution in [0, 0.1) is 13.8 Å². The predicted molar refractivity (Wildman–Crippen MR) is 163 cm³/mol. The fraction of sp³-hybridized carbons (Fsp3) is 0.688. The number of aryl methyl sites for hydroxylation is 2. The summed E-state index contributed by atoms with van der Waals surface area (Å²) in [5.74, 6) is -1.29. The molecule has 41 heavy (non-hydrogen) atoms. The maximum atomic E-state index is 14.3. The molecule has 4 N–H and O–H groups in total. The fourth-order valence-corrected chi connectivity index (χ4v) is 4.80. The number of nitrogens with two attached hydrogens (primary N) is 1. The molecular weight excluding hydrogens is 520 g/mol. The number of benzene rings is 1. The first-order valence-corrected chi connectivity index (χ1v) is 15.2. The van der Waals surface area contributed by atoms with Crippen molar-refractivity contribution in [2.45, 2.75) is 130 Å². The van der Waals surface area contributed by atoms with Crippen LogP contribution in [-0.4, -0.2) is 53.4 Å². The largest absolute Gasteiger partial charge is 0.444 e. The molecule has 0 spiro atoms. The summed E-state index contributed by atoms with van der Waals surface area (Å²) in [4.78, 5) is 54.2. The van der Waals surface area contributed by atoms with Crippen molar-refractivity contribution < 1.29 is 23.9 Å². The van der Waals surface area contributed by atoms with Crippen LogP contribution in [0.2, 0.25) is 0 Å². The minimum absolute atomic E-state index is 0.00264. The van der Waals surface area contributed by atoms with Crippen LogP contribution in [0.1, 0.15) is 122 Å². The molecule has 0 radical (unpaired) electrons. The van der Waals surface area contributed by atoms with Gasteiger partial charge in [0.1, 0.15) is 17.7 Å². The zero-order chi connectivity index (χ0) is 31.0. The number of amides is 4. The molecular formula is C32H54N4O5. The van der Waals surface area contributed by atoms with Gasteiger partial charge in [-0.15, -0.1) is 0 Å². The van der Waals surface area contributed by atoms with E-state index in [4.69, 9.17) is 10.5 Å². The summed E-state index contributed by atoms with van der Waals surface area (Å²) in [6, 6.07) is 3.82. The van der Waals surface area contributed by atoms with Crippen molar-refractivity contribution in [3.8, 4) is 0 Å². The molecule has 0 saturated carbocycles. The van der Waals surface area contributed by atoms with Gasteiger partial charge in [0.2, 0.25) is 17.7 Å². The molecule has 1 aromatic carbocycles. The number of primary amides is 1. The van der Waals surface area contributed by atoms with Crippen molar-refractivity contribution in [1.82, 2.24) is 15.5 Å². The zero-order valence-corrected chi connectivity index (χ0v) is 26.4. The monoisotopic (exact) mass is 574 g/mol. The lowest BCUT2D eigenvalue weighted by molar-refractivity contribution is -0.143. The topological polar surface area (TPSA) is 131 Å². The van der Waals surface area contributed by atoms with E-state index in [9.17, 15) is 19.2 Å². The van der Waals surface area contributed by atoms with Crippen molar-refractivity contribution >= 4 is 23.8 Å². The molecule has 2 atom stereocenters. The number of carbonyl (C=O) groups is 4. The predicted octanol–water partition coefficient (Wildman–Crippen LogP) is 5.61. The normalized spacial score (nSPS) is 12.8. The van der Waals surface area contributed by atoms with Gasteiger partial charge in [-0.25, -0.2) is 4.79 Å². The van der Waals surface area contributed by atoms with E-state index in [1.54, 1.807) is 25.7 Å². The molecule has 0 aliphatic carbocycles. The number of nitrogens with zero attached hydrogens (tertiary/aromatic N) is 1. The van der Waals surface area contributed by atoms with Crippen molar-refractivity contribution in [3.05, 3.63) is 34.9 Å². The Morgan fingerprint density at radius 1 is 0.927 bits per heavy atom. The molecule has 2 unspecified atom stereocenters. The van der Waals surface area contributed by atoms with E-state index in [0.29, 0.717) is 19.5 Å². The Morgan fingerprint density at radius 2 is 1.51 bits per heavy atom. The molecule has 1 aromatic rings. The first-order valence-electron chi connectivity index (χ1n) is 15.2. The number of nitrogens with one attached hydrogen (secondary N) is 2. The molecule has 0 heterocycles. The standard InChI is InChI=1S/C32H54N4O5/c1-8-10-12-13-14-15-22-36(30(39)25(19-20-26(33)37)35-31(40)41-32(5,6)7)28(29(38)34-21-11-9-2)27-23(3)17-16-18-24(27)4/h16-18,25,28H,8-15,19-22H2,1-7H3,(H2,33,37)(H,34,38)(H,35,40). The van der Waals surface area contributed by atoms with E-state index in [1.807, 2.05) is 32.0 Å². The minimum atomic E-state index is -1.09. The van der Waals surface area contributed by atoms with Crippen LogP contribution in [0.4, 0.5) is 4.79 Å². The molecule has 0 aliphatic rings. The molecule has 232 valence electrons. The summed E-state index contributed by atoms with van der Waals surface area (Å²) in [6.45, 7) is 14.1. The van der Waals surface area contributed by atoms with E-state index in [-0.39, 0.29) is 18.7 Å². The number of hydrogen-bond acceptors (Lipinski definition) is 5. The van der Waals surface area contributed by atoms with Gasteiger partial charge in [0.05, 0.1) is 0 Å². The van der Waals surface area contributed by atoms with Gasteiger partial charge in [-0.05, 0) is 70.6 Å². The van der Waals surface area contributed by atoms with Gasteiger partial charge in [-0.2, -0.15) is 0 Å². The Hall–Kier alpha value is -3.10. The molecule has 9 nitrogen and oxygen atoms in total. The second kappa shape index (κ2) is 18.4. The Bertz CT molecular complexity index is 969. The summed E-state index contributed by atoms with van der Waals surface area (Å²) in [5.41, 5.74) is 7.21. The van der Waals surface area contributed by atoms with Gasteiger partial charge in [-0.3, -0.25) is 14.4 Å². The Labute approximate surface area is 247 Å². The molecule has 1 rings (SSSR count). The van der Waals surface area contributed by atoms with E-state index in [1.165, 1.54) is 0 Å². The van der Waals surface area contributed by atoms with Crippen LogP contribution < -0.4 is 16.4 Å². The van der Waals surface area contributed by atoms with Gasteiger partial charge in [-0.1, -0.05) is 70.6 Å². The van der Waals surface area contributed by atoms with Gasteiger partial charge in [0.25, 0.3) is 0 Å². The van der Waals surface area contributed by atoms with Gasteiger partial charge in [0.15, 0.2) is 0 Å². The first kappa shape index (κ1) is 35.9. The van der Waals surface area contributed by atoms with E-state index >= 15 is 0 Å². The number of ether oxygens (including phenoxy) is 1. The van der Waals surface area contributed by atoms with Crippen LogP contribution in [0.25, 0.3) is 0 Å². The third-order valence-corrected chi connectivity index (χ3v) is 6.91. The zero-order valence-electron chi connectivity index (χ0n) is 26.4. The summed E-state index contributed by atoms with van der Waals surface area (Å²) < 4.78 is 5.42. The molecule has 0 fully saturated rings. The molecule has 0 saturated heterocycles. The number of hydrogen-bond donors (Lipinski definition) is 3. The van der Waals surface area contributed by atoms with Crippen molar-refractivity contribution in [2.24, 2.45) is 5.73 Å². The summed E-state index contributed by atoms with van der Waals surface area (Å²) in [6.07, 6.45) is 6.92. The minimum Gasteiger partial charge on any atom is -0.444 e. The lowest BCUT2D eigenvalue weighted by Crippen LogP contribution is -2.53. The average Bonchev–Trinajstić information content (AvgIpc) is 2.87. The molecule has 4 amide bonds. The first-order chi connectivity index (χ1) is 19.3. The van der Waals surface area contributed by atoms with Crippen molar-refractivity contribution in [1.29, 1.82) is 0 Å². The van der Waals surface area contributed by atoms with Gasteiger partial charge in [0, 0.05) is 19.5 Å². The highest BCUT2D eigenvalue weighted by Crippen LogP contribution is 2.29. The smallest absolute Gasteiger partial charge is 0.408 e.